The van der Waals surface area contributed by atoms with Gasteiger partial charge in [0.2, 0.25) is 5.91 Å². The Morgan fingerprint density at radius 3 is 2.68 bits per heavy atom. The van der Waals surface area contributed by atoms with Gasteiger partial charge in [0.05, 0.1) is 18.7 Å². The van der Waals surface area contributed by atoms with Crippen molar-refractivity contribution in [1.29, 1.82) is 0 Å². The van der Waals surface area contributed by atoms with E-state index in [4.69, 9.17) is 4.74 Å². The predicted molar refractivity (Wildman–Crippen MR) is 105 cm³/mol. The Hall–Kier alpha value is -1.99. The van der Waals surface area contributed by atoms with Crippen LogP contribution in [-0.4, -0.2) is 31.3 Å². The number of rotatable bonds is 8. The van der Waals surface area contributed by atoms with E-state index in [9.17, 15) is 9.59 Å². The summed E-state index contributed by atoms with van der Waals surface area (Å²) in [4.78, 5) is 26.4. The largest absolute Gasteiger partial charge is 0.462 e. The molecule has 0 unspecified atom stereocenters. The molecular weight excluding hydrogens is 356 g/mol. The van der Waals surface area contributed by atoms with Crippen molar-refractivity contribution in [3.8, 4) is 0 Å². The molecule has 1 amide bonds. The minimum atomic E-state index is -0.408. The number of thiophene rings is 1. The molecule has 0 atom stereocenters. The number of nitrogens with one attached hydrogen (secondary N) is 2. The number of thioether (sulfide) groups is 1. The Labute approximate surface area is 156 Å². The van der Waals surface area contributed by atoms with Crippen LogP contribution < -0.4 is 10.6 Å². The van der Waals surface area contributed by atoms with Crippen molar-refractivity contribution in [2.75, 3.05) is 30.0 Å². The Kier molecular flexibility index (Phi) is 7.33. The van der Waals surface area contributed by atoms with Crippen molar-refractivity contribution in [2.24, 2.45) is 0 Å². The second-order valence-corrected chi connectivity index (χ2v) is 7.12. The fourth-order valence-electron chi connectivity index (χ4n) is 2.21. The molecule has 0 aliphatic rings. The SMILES string of the molecule is CCOC(=O)c1cc(CC)sc1NC(=O)CNc1ccccc1SC. The fraction of sp³-hybridized carbons (Fsp3) is 0.333. The molecule has 0 spiro atoms. The molecule has 2 rings (SSSR count). The molecule has 2 aromatic rings. The summed E-state index contributed by atoms with van der Waals surface area (Å²) in [6.45, 7) is 4.19. The highest BCUT2D eigenvalue weighted by Crippen LogP contribution is 2.29. The fourth-order valence-corrected chi connectivity index (χ4v) is 3.78. The van der Waals surface area contributed by atoms with Gasteiger partial charge >= 0.3 is 5.97 Å². The average molecular weight is 379 g/mol. The summed E-state index contributed by atoms with van der Waals surface area (Å²) >= 11 is 3.02. The highest BCUT2D eigenvalue weighted by molar-refractivity contribution is 7.98. The molecule has 7 heteroatoms. The van der Waals surface area contributed by atoms with E-state index in [1.54, 1.807) is 24.8 Å². The first-order chi connectivity index (χ1) is 12.1. The first kappa shape index (κ1) is 19.3. The molecule has 1 aromatic heterocycles. The van der Waals surface area contributed by atoms with Gasteiger partial charge in [-0.2, -0.15) is 0 Å². The van der Waals surface area contributed by atoms with Gasteiger partial charge in [-0.1, -0.05) is 19.1 Å². The Morgan fingerprint density at radius 2 is 2.00 bits per heavy atom. The number of hydrogen-bond acceptors (Lipinski definition) is 6. The molecule has 0 saturated heterocycles. The molecule has 25 heavy (non-hydrogen) atoms. The van der Waals surface area contributed by atoms with E-state index in [-0.39, 0.29) is 12.5 Å². The van der Waals surface area contributed by atoms with Gasteiger partial charge in [-0.25, -0.2) is 4.79 Å². The smallest absolute Gasteiger partial charge is 0.341 e. The van der Waals surface area contributed by atoms with Gasteiger partial charge in [0, 0.05) is 15.5 Å². The van der Waals surface area contributed by atoms with Gasteiger partial charge < -0.3 is 15.4 Å². The quantitative estimate of drug-likeness (QED) is 0.531. The monoisotopic (exact) mass is 378 g/mol. The number of amides is 1. The van der Waals surface area contributed by atoms with Gasteiger partial charge in [-0.15, -0.1) is 23.1 Å². The van der Waals surface area contributed by atoms with Crippen LogP contribution in [0.5, 0.6) is 0 Å². The molecule has 134 valence electrons. The lowest BCUT2D eigenvalue weighted by Gasteiger charge is -2.10. The molecule has 0 aliphatic carbocycles. The number of para-hydroxylation sites is 1. The molecule has 0 saturated carbocycles. The zero-order valence-corrected chi connectivity index (χ0v) is 16.2. The third-order valence-electron chi connectivity index (χ3n) is 3.43. The van der Waals surface area contributed by atoms with Crippen molar-refractivity contribution >= 4 is 45.7 Å². The van der Waals surface area contributed by atoms with Gasteiger partial charge in [0.1, 0.15) is 5.00 Å². The van der Waals surface area contributed by atoms with E-state index in [0.717, 1.165) is 21.9 Å². The summed E-state index contributed by atoms with van der Waals surface area (Å²) in [6, 6.07) is 9.60. The van der Waals surface area contributed by atoms with Gasteiger partial charge in [-0.3, -0.25) is 4.79 Å². The number of ether oxygens (including phenoxy) is 1. The Bertz CT molecular complexity index is 744. The van der Waals surface area contributed by atoms with Crippen LogP contribution in [0.25, 0.3) is 0 Å². The van der Waals surface area contributed by atoms with E-state index in [1.807, 2.05) is 37.4 Å². The molecule has 0 radical (unpaired) electrons. The number of carbonyl (C=O) groups excluding carboxylic acids is 2. The van der Waals surface area contributed by atoms with Crippen molar-refractivity contribution in [1.82, 2.24) is 0 Å². The molecule has 1 aromatic carbocycles. The van der Waals surface area contributed by atoms with Crippen molar-refractivity contribution < 1.29 is 14.3 Å². The predicted octanol–water partition coefficient (Wildman–Crippen LogP) is 4.26. The van der Waals surface area contributed by atoms with Crippen LogP contribution in [0.15, 0.2) is 35.2 Å². The van der Waals surface area contributed by atoms with Crippen LogP contribution in [0.3, 0.4) is 0 Å². The molecule has 5 nitrogen and oxygen atoms in total. The second-order valence-electron chi connectivity index (χ2n) is 5.13. The zero-order chi connectivity index (χ0) is 18.2. The van der Waals surface area contributed by atoms with Crippen LogP contribution in [0.4, 0.5) is 10.7 Å². The van der Waals surface area contributed by atoms with Crippen LogP contribution in [-0.2, 0) is 16.0 Å². The van der Waals surface area contributed by atoms with Crippen LogP contribution in [0.2, 0.25) is 0 Å². The van der Waals surface area contributed by atoms with E-state index in [0.29, 0.717) is 17.2 Å². The highest BCUT2D eigenvalue weighted by Gasteiger charge is 2.18. The molecule has 1 heterocycles. The van der Waals surface area contributed by atoms with E-state index in [2.05, 4.69) is 10.6 Å². The minimum Gasteiger partial charge on any atom is -0.462 e. The molecular formula is C18H22N2O3S2. The number of benzene rings is 1. The lowest BCUT2D eigenvalue weighted by molar-refractivity contribution is -0.114. The summed E-state index contributed by atoms with van der Waals surface area (Å²) in [5.74, 6) is -0.611. The lowest BCUT2D eigenvalue weighted by atomic mass is 10.2. The third kappa shape index (κ3) is 5.24. The van der Waals surface area contributed by atoms with E-state index in [1.165, 1.54) is 11.3 Å². The third-order valence-corrected chi connectivity index (χ3v) is 5.42. The Morgan fingerprint density at radius 1 is 1.24 bits per heavy atom. The first-order valence-electron chi connectivity index (χ1n) is 8.05. The number of hydrogen-bond donors (Lipinski definition) is 2. The van der Waals surface area contributed by atoms with E-state index >= 15 is 0 Å². The van der Waals surface area contributed by atoms with Crippen molar-refractivity contribution in [3.05, 3.63) is 40.8 Å². The van der Waals surface area contributed by atoms with Crippen molar-refractivity contribution in [2.45, 2.75) is 25.2 Å². The summed E-state index contributed by atoms with van der Waals surface area (Å²) in [7, 11) is 0. The molecule has 0 aliphatic heterocycles. The number of carbonyl (C=O) groups is 2. The topological polar surface area (TPSA) is 67.4 Å². The van der Waals surface area contributed by atoms with Gasteiger partial charge in [0.15, 0.2) is 0 Å². The number of esters is 1. The molecule has 0 fully saturated rings. The molecule has 0 bridgehead atoms. The number of anilines is 2. The summed E-state index contributed by atoms with van der Waals surface area (Å²) in [5, 5.41) is 6.50. The zero-order valence-electron chi connectivity index (χ0n) is 14.5. The first-order valence-corrected chi connectivity index (χ1v) is 10.1. The minimum absolute atomic E-state index is 0.124. The van der Waals surface area contributed by atoms with Crippen LogP contribution in [0.1, 0.15) is 29.1 Å². The maximum Gasteiger partial charge on any atom is 0.341 e. The standard InChI is InChI=1S/C18H22N2O3S2/c1-4-12-10-13(18(22)23-5-2)17(25-12)20-16(21)11-19-14-8-6-7-9-15(14)24-3/h6-10,19H,4-5,11H2,1-3H3,(H,20,21). The highest BCUT2D eigenvalue weighted by atomic mass is 32.2. The van der Waals surface area contributed by atoms with Crippen LogP contribution in [0, 0.1) is 0 Å². The Balaban J connectivity index is 2.04. The second kappa shape index (κ2) is 9.48. The van der Waals surface area contributed by atoms with Crippen molar-refractivity contribution in [3.63, 3.8) is 0 Å². The van der Waals surface area contributed by atoms with E-state index < -0.39 is 5.97 Å². The number of aryl methyl sites for hydroxylation is 1. The average Bonchev–Trinajstić information content (AvgIpc) is 3.03. The lowest BCUT2D eigenvalue weighted by Crippen LogP contribution is -2.22. The summed E-state index contributed by atoms with van der Waals surface area (Å²) in [6.07, 6.45) is 2.79. The van der Waals surface area contributed by atoms with Gasteiger partial charge in [-0.05, 0) is 37.8 Å². The maximum absolute atomic E-state index is 12.3. The normalized spacial score (nSPS) is 10.4. The molecule has 2 N–H and O–H groups in total. The summed E-state index contributed by atoms with van der Waals surface area (Å²) in [5.41, 5.74) is 1.33. The maximum atomic E-state index is 12.3. The van der Waals surface area contributed by atoms with Gasteiger partial charge in [0.25, 0.3) is 0 Å². The van der Waals surface area contributed by atoms with Crippen LogP contribution >= 0.6 is 23.1 Å². The summed E-state index contributed by atoms with van der Waals surface area (Å²) < 4.78 is 5.07.